The van der Waals surface area contributed by atoms with Crippen LogP contribution in [0.25, 0.3) is 0 Å². The van der Waals surface area contributed by atoms with Crippen LogP contribution in [0.15, 0.2) is 29.4 Å². The smallest absolute Gasteiger partial charge is 0.309 e. The summed E-state index contributed by atoms with van der Waals surface area (Å²) in [6.07, 6.45) is 4.23. The predicted octanol–water partition coefficient (Wildman–Crippen LogP) is 2.04. The Kier molecular flexibility index (Phi) is 4.94. The number of carboxylic acid groups (broad SMARTS) is 1. The predicted molar refractivity (Wildman–Crippen MR) is 88.3 cm³/mol. The maximum atomic E-state index is 12.5. The van der Waals surface area contributed by atoms with Crippen molar-refractivity contribution in [2.24, 2.45) is 11.8 Å². The molecule has 1 amide bonds. The summed E-state index contributed by atoms with van der Waals surface area (Å²) in [5.74, 6) is -1.33. The molecule has 7 nitrogen and oxygen atoms in total. The fourth-order valence-corrected chi connectivity index (χ4v) is 3.86. The molecule has 3 atom stereocenters. The number of aromatic nitrogens is 3. The van der Waals surface area contributed by atoms with Gasteiger partial charge in [-0.1, -0.05) is 6.92 Å². The maximum Gasteiger partial charge on any atom is 0.309 e. The van der Waals surface area contributed by atoms with Crippen LogP contribution in [0.5, 0.6) is 0 Å². The van der Waals surface area contributed by atoms with Crippen molar-refractivity contribution in [3.8, 4) is 0 Å². The zero-order valence-electron chi connectivity index (χ0n) is 13.4. The highest BCUT2D eigenvalue weighted by molar-refractivity contribution is 7.07. The van der Waals surface area contributed by atoms with Gasteiger partial charge in [-0.15, -0.1) is 11.3 Å². The van der Waals surface area contributed by atoms with Crippen molar-refractivity contribution in [1.82, 2.24) is 19.7 Å². The molecule has 8 heteroatoms. The van der Waals surface area contributed by atoms with E-state index in [1.54, 1.807) is 16.6 Å². The lowest BCUT2D eigenvalue weighted by atomic mass is 9.86. The van der Waals surface area contributed by atoms with Crippen LogP contribution in [0, 0.1) is 11.8 Å². The molecule has 128 valence electrons. The molecule has 0 aromatic carbocycles. The summed E-state index contributed by atoms with van der Waals surface area (Å²) in [5, 5.41) is 15.6. The lowest BCUT2D eigenvalue weighted by Gasteiger charge is -2.40. The lowest BCUT2D eigenvalue weighted by molar-refractivity contribution is -0.152. The number of rotatable bonds is 6. The highest BCUT2D eigenvalue weighted by Crippen LogP contribution is 2.37. The standard InChI is InChI=1S/C16H20N4O3S/c1-11(7-19-6-2-5-18-19)8-20-14(21)4-3-12(16(22)23)15(20)13-9-24-10-17-13/h2,5-6,9-12,15H,3-4,7-8H2,1H3,(H,22,23)/t11-,12-,15-/m0/s1. The normalized spacial score (nSPS) is 22.5. The first kappa shape index (κ1) is 16.6. The molecule has 0 bridgehead atoms. The van der Waals surface area contributed by atoms with Gasteiger partial charge in [-0.3, -0.25) is 14.3 Å². The maximum absolute atomic E-state index is 12.5. The van der Waals surface area contributed by atoms with Crippen molar-refractivity contribution in [3.05, 3.63) is 35.0 Å². The zero-order valence-corrected chi connectivity index (χ0v) is 14.2. The average molecular weight is 348 g/mol. The molecule has 1 saturated heterocycles. The van der Waals surface area contributed by atoms with Crippen LogP contribution >= 0.6 is 11.3 Å². The molecule has 0 aliphatic carbocycles. The van der Waals surface area contributed by atoms with Gasteiger partial charge in [0.25, 0.3) is 0 Å². The van der Waals surface area contributed by atoms with E-state index in [1.165, 1.54) is 11.3 Å². The Morgan fingerprint density at radius 2 is 2.33 bits per heavy atom. The minimum Gasteiger partial charge on any atom is -0.481 e. The highest BCUT2D eigenvalue weighted by atomic mass is 32.1. The molecule has 1 aliphatic heterocycles. The van der Waals surface area contributed by atoms with Crippen LogP contribution in [0.2, 0.25) is 0 Å². The largest absolute Gasteiger partial charge is 0.481 e. The third-order valence-corrected chi connectivity index (χ3v) is 4.95. The second kappa shape index (κ2) is 7.12. The van der Waals surface area contributed by atoms with Gasteiger partial charge in [0.1, 0.15) is 0 Å². The van der Waals surface area contributed by atoms with E-state index in [-0.39, 0.29) is 18.2 Å². The number of carboxylic acids is 1. The second-order valence-corrected chi connectivity index (χ2v) is 6.94. The van der Waals surface area contributed by atoms with E-state index >= 15 is 0 Å². The number of nitrogens with zero attached hydrogens (tertiary/aromatic N) is 4. The number of hydrogen-bond donors (Lipinski definition) is 1. The first-order chi connectivity index (χ1) is 11.6. The van der Waals surface area contributed by atoms with Gasteiger partial charge in [-0.2, -0.15) is 5.10 Å². The number of piperidine rings is 1. The highest BCUT2D eigenvalue weighted by Gasteiger charge is 2.42. The van der Waals surface area contributed by atoms with Gasteiger partial charge in [-0.05, 0) is 18.4 Å². The van der Waals surface area contributed by atoms with Crippen LogP contribution in [-0.2, 0) is 16.1 Å². The van der Waals surface area contributed by atoms with Gasteiger partial charge in [0.2, 0.25) is 5.91 Å². The Hall–Kier alpha value is -2.22. The number of amides is 1. The second-order valence-electron chi connectivity index (χ2n) is 6.22. The summed E-state index contributed by atoms with van der Waals surface area (Å²) >= 11 is 1.42. The Bertz CT molecular complexity index is 686. The van der Waals surface area contributed by atoms with E-state index in [0.29, 0.717) is 25.2 Å². The van der Waals surface area contributed by atoms with Crippen LogP contribution in [0.3, 0.4) is 0 Å². The van der Waals surface area contributed by atoms with E-state index in [9.17, 15) is 14.7 Å². The van der Waals surface area contributed by atoms with E-state index in [1.807, 2.05) is 29.2 Å². The number of aliphatic carboxylic acids is 1. The molecule has 2 aromatic heterocycles. The zero-order chi connectivity index (χ0) is 17.1. The Morgan fingerprint density at radius 3 is 2.96 bits per heavy atom. The van der Waals surface area contributed by atoms with E-state index in [4.69, 9.17) is 0 Å². The molecule has 0 unspecified atom stereocenters. The molecule has 3 rings (SSSR count). The molecular weight excluding hydrogens is 328 g/mol. The summed E-state index contributed by atoms with van der Waals surface area (Å²) in [6, 6.07) is 1.37. The molecule has 2 aromatic rings. The van der Waals surface area contributed by atoms with Crippen molar-refractivity contribution in [2.75, 3.05) is 6.54 Å². The molecule has 1 N–H and O–H groups in total. The van der Waals surface area contributed by atoms with Crippen LogP contribution in [0.4, 0.5) is 0 Å². The molecule has 1 aliphatic rings. The third-order valence-electron chi connectivity index (χ3n) is 4.34. The van der Waals surface area contributed by atoms with E-state index < -0.39 is 17.9 Å². The van der Waals surface area contributed by atoms with Gasteiger partial charge < -0.3 is 10.0 Å². The summed E-state index contributed by atoms with van der Waals surface area (Å²) in [4.78, 5) is 30.2. The minimum atomic E-state index is -0.870. The van der Waals surface area contributed by atoms with Gasteiger partial charge in [0, 0.05) is 37.3 Å². The minimum absolute atomic E-state index is 0.00202. The van der Waals surface area contributed by atoms with Gasteiger partial charge >= 0.3 is 5.97 Å². The van der Waals surface area contributed by atoms with Crippen molar-refractivity contribution < 1.29 is 14.7 Å². The summed E-state index contributed by atoms with van der Waals surface area (Å²) in [7, 11) is 0. The number of hydrogen-bond acceptors (Lipinski definition) is 5. The quantitative estimate of drug-likeness (QED) is 0.863. The SMILES string of the molecule is C[C@H](CN1C(=O)CC[C@H](C(=O)O)[C@H]1c1cscn1)Cn1cccn1. The fourth-order valence-electron chi connectivity index (χ4n) is 3.28. The lowest BCUT2D eigenvalue weighted by Crippen LogP contribution is -2.47. The van der Waals surface area contributed by atoms with Crippen molar-refractivity contribution in [1.29, 1.82) is 0 Å². The average Bonchev–Trinajstić information content (AvgIpc) is 3.22. The molecule has 0 radical (unpaired) electrons. The Labute approximate surface area is 143 Å². The summed E-state index contributed by atoms with van der Waals surface area (Å²) in [5.41, 5.74) is 2.35. The van der Waals surface area contributed by atoms with Gasteiger partial charge in [0.05, 0.1) is 23.2 Å². The third kappa shape index (κ3) is 3.48. The van der Waals surface area contributed by atoms with Gasteiger partial charge in [-0.25, -0.2) is 4.98 Å². The number of likely N-dealkylation sites (tertiary alicyclic amines) is 1. The van der Waals surface area contributed by atoms with Crippen LogP contribution in [-0.4, -0.2) is 43.2 Å². The Balaban J connectivity index is 1.81. The monoisotopic (exact) mass is 348 g/mol. The molecule has 3 heterocycles. The first-order valence-electron chi connectivity index (χ1n) is 7.94. The molecule has 24 heavy (non-hydrogen) atoms. The van der Waals surface area contributed by atoms with Crippen molar-refractivity contribution >= 4 is 23.2 Å². The van der Waals surface area contributed by atoms with Crippen LogP contribution in [0.1, 0.15) is 31.5 Å². The first-order valence-corrected chi connectivity index (χ1v) is 8.88. The molecule has 0 saturated carbocycles. The molecule has 1 fully saturated rings. The van der Waals surface area contributed by atoms with Crippen LogP contribution < -0.4 is 0 Å². The van der Waals surface area contributed by atoms with Crippen molar-refractivity contribution in [2.45, 2.75) is 32.4 Å². The topological polar surface area (TPSA) is 88.3 Å². The van der Waals surface area contributed by atoms with E-state index in [0.717, 1.165) is 0 Å². The number of carbonyl (C=O) groups excluding carboxylic acids is 1. The number of carbonyl (C=O) groups is 2. The summed E-state index contributed by atoms with van der Waals surface area (Å²) in [6.45, 7) is 3.21. The molecular formula is C16H20N4O3S. The summed E-state index contributed by atoms with van der Waals surface area (Å²) < 4.78 is 1.83. The van der Waals surface area contributed by atoms with E-state index in [2.05, 4.69) is 10.1 Å². The number of thiazole rings is 1. The fraction of sp³-hybridized carbons (Fsp3) is 0.500. The molecule has 0 spiro atoms. The Morgan fingerprint density at radius 1 is 1.50 bits per heavy atom. The van der Waals surface area contributed by atoms with Crippen molar-refractivity contribution in [3.63, 3.8) is 0 Å². The van der Waals surface area contributed by atoms with Gasteiger partial charge in [0.15, 0.2) is 0 Å².